The summed E-state index contributed by atoms with van der Waals surface area (Å²) in [7, 11) is -3.17. The summed E-state index contributed by atoms with van der Waals surface area (Å²) >= 11 is 0. The van der Waals surface area contributed by atoms with E-state index in [2.05, 4.69) is 10.6 Å². The Morgan fingerprint density at radius 2 is 2.06 bits per heavy atom. The molecule has 6 nitrogen and oxygen atoms in total. The predicted molar refractivity (Wildman–Crippen MR) is 69.7 cm³/mol. The van der Waals surface area contributed by atoms with E-state index in [4.69, 9.17) is 5.73 Å². The van der Waals surface area contributed by atoms with E-state index in [0.29, 0.717) is 11.4 Å². The maximum Gasteiger partial charge on any atom is 0.319 e. The molecule has 0 aromatic heterocycles. The van der Waals surface area contributed by atoms with Gasteiger partial charge in [-0.1, -0.05) is 12.1 Å². The van der Waals surface area contributed by atoms with E-state index in [0.717, 1.165) is 5.41 Å². The number of anilines is 2. The van der Waals surface area contributed by atoms with Crippen LogP contribution in [0.2, 0.25) is 0 Å². The fourth-order valence-electron chi connectivity index (χ4n) is 1.60. The lowest BCUT2D eigenvalue weighted by molar-refractivity contribution is 0.251. The first kappa shape index (κ1) is 12.4. The lowest BCUT2D eigenvalue weighted by atomic mass is 10.3. The van der Waals surface area contributed by atoms with Crippen LogP contribution in [-0.4, -0.2) is 26.2 Å². The van der Waals surface area contributed by atoms with Crippen molar-refractivity contribution in [2.24, 2.45) is 0 Å². The summed E-state index contributed by atoms with van der Waals surface area (Å²) in [5.74, 6) is -0.106. The van der Waals surface area contributed by atoms with E-state index in [-0.39, 0.29) is 5.75 Å². The predicted octanol–water partition coefficient (Wildman–Crippen LogP) is 0.701. The number of amides is 2. The number of nitrogen functional groups attached to an aromatic ring is 1. The van der Waals surface area contributed by atoms with Crippen molar-refractivity contribution in [2.45, 2.75) is 6.04 Å². The number of benzene rings is 1. The molecule has 1 unspecified atom stereocenters. The molecule has 0 radical (unpaired) electrons. The molecule has 1 heterocycles. The smallest absolute Gasteiger partial charge is 0.319 e. The molecule has 4 N–H and O–H groups in total. The summed E-state index contributed by atoms with van der Waals surface area (Å²) in [5.41, 5.74) is 6.60. The van der Waals surface area contributed by atoms with Gasteiger partial charge >= 0.3 is 6.03 Å². The minimum atomic E-state index is -3.17. The van der Waals surface area contributed by atoms with Crippen LogP contribution < -0.4 is 16.4 Å². The van der Waals surface area contributed by atoms with Crippen LogP contribution in [0, 0.1) is 0 Å². The standard InChI is InChI=1S/C11H13N3O3S/c12-9-3-1-2-4-10(9)14-11(15)13-8-5-6-18(16,17)7-8/h1-6,8H,7,12H2,(H2,13,14,15). The number of carbonyl (C=O) groups excluding carboxylic acids is 1. The third-order valence-corrected chi connectivity index (χ3v) is 3.85. The van der Waals surface area contributed by atoms with E-state index >= 15 is 0 Å². The van der Waals surface area contributed by atoms with Gasteiger partial charge in [0.05, 0.1) is 23.2 Å². The Morgan fingerprint density at radius 3 is 2.67 bits per heavy atom. The molecule has 1 aromatic rings. The normalized spacial score (nSPS) is 20.6. The number of hydrogen-bond donors (Lipinski definition) is 3. The van der Waals surface area contributed by atoms with Gasteiger partial charge in [-0.15, -0.1) is 0 Å². The first-order valence-electron chi connectivity index (χ1n) is 5.29. The van der Waals surface area contributed by atoms with Crippen molar-refractivity contribution in [3.63, 3.8) is 0 Å². The van der Waals surface area contributed by atoms with Crippen LogP contribution in [0.25, 0.3) is 0 Å². The molecule has 1 atom stereocenters. The van der Waals surface area contributed by atoms with E-state index in [9.17, 15) is 13.2 Å². The van der Waals surface area contributed by atoms with Crippen molar-refractivity contribution in [1.29, 1.82) is 0 Å². The summed E-state index contributed by atoms with van der Waals surface area (Å²) in [6.07, 6.45) is 1.45. The van der Waals surface area contributed by atoms with Crippen LogP contribution in [-0.2, 0) is 9.84 Å². The molecule has 0 bridgehead atoms. The second-order valence-corrected chi connectivity index (χ2v) is 5.88. The maximum atomic E-state index is 11.6. The van der Waals surface area contributed by atoms with E-state index in [1.165, 1.54) is 6.08 Å². The Bertz CT molecular complexity index is 595. The summed E-state index contributed by atoms with van der Waals surface area (Å²) in [6.45, 7) is 0. The number of sulfone groups is 1. The highest BCUT2D eigenvalue weighted by atomic mass is 32.2. The third kappa shape index (κ3) is 3.01. The minimum Gasteiger partial charge on any atom is -0.397 e. The molecule has 0 saturated heterocycles. The molecule has 2 rings (SSSR count). The van der Waals surface area contributed by atoms with Crippen molar-refractivity contribution in [3.8, 4) is 0 Å². The van der Waals surface area contributed by atoms with Crippen LogP contribution in [0.1, 0.15) is 0 Å². The maximum absolute atomic E-state index is 11.6. The van der Waals surface area contributed by atoms with Crippen molar-refractivity contribution >= 4 is 27.2 Å². The summed E-state index contributed by atoms with van der Waals surface area (Å²) in [6, 6.07) is 5.84. The zero-order valence-electron chi connectivity index (χ0n) is 9.46. The van der Waals surface area contributed by atoms with Crippen molar-refractivity contribution in [2.75, 3.05) is 16.8 Å². The van der Waals surface area contributed by atoms with Crippen molar-refractivity contribution in [1.82, 2.24) is 5.32 Å². The zero-order valence-corrected chi connectivity index (χ0v) is 10.3. The van der Waals surface area contributed by atoms with Crippen molar-refractivity contribution < 1.29 is 13.2 Å². The third-order valence-electron chi connectivity index (χ3n) is 2.46. The molecular weight excluding hydrogens is 254 g/mol. The SMILES string of the molecule is Nc1ccccc1NC(=O)NC1C=CS(=O)(=O)C1. The van der Waals surface area contributed by atoms with Crippen LogP contribution in [0.15, 0.2) is 35.7 Å². The minimum absolute atomic E-state index is 0.106. The van der Waals surface area contributed by atoms with Gasteiger partial charge in [0.2, 0.25) is 0 Å². The number of nitrogens with one attached hydrogen (secondary N) is 2. The van der Waals surface area contributed by atoms with Gasteiger partial charge in [0.25, 0.3) is 0 Å². The van der Waals surface area contributed by atoms with Gasteiger partial charge in [-0.05, 0) is 18.2 Å². The van der Waals surface area contributed by atoms with Gasteiger partial charge < -0.3 is 16.4 Å². The number of urea groups is 1. The van der Waals surface area contributed by atoms with Gasteiger partial charge in [0, 0.05) is 5.41 Å². The van der Waals surface area contributed by atoms with Crippen LogP contribution in [0.5, 0.6) is 0 Å². The highest BCUT2D eigenvalue weighted by molar-refractivity contribution is 7.94. The molecule has 0 fully saturated rings. The average molecular weight is 267 g/mol. The highest BCUT2D eigenvalue weighted by Crippen LogP contribution is 2.16. The summed E-state index contributed by atoms with van der Waals surface area (Å²) in [5, 5.41) is 6.21. The topological polar surface area (TPSA) is 101 Å². The van der Waals surface area contributed by atoms with E-state index < -0.39 is 21.9 Å². The van der Waals surface area contributed by atoms with Crippen LogP contribution >= 0.6 is 0 Å². The quantitative estimate of drug-likeness (QED) is 0.686. The van der Waals surface area contributed by atoms with Gasteiger partial charge in [-0.3, -0.25) is 0 Å². The summed E-state index contributed by atoms with van der Waals surface area (Å²) in [4.78, 5) is 11.6. The van der Waals surface area contributed by atoms with E-state index in [1.54, 1.807) is 24.3 Å². The molecule has 96 valence electrons. The zero-order chi connectivity index (χ0) is 13.2. The Hall–Kier alpha value is -2.02. The summed E-state index contributed by atoms with van der Waals surface area (Å²) < 4.78 is 22.3. The first-order chi connectivity index (χ1) is 8.46. The number of para-hydroxylation sites is 2. The lowest BCUT2D eigenvalue weighted by Crippen LogP contribution is -2.38. The van der Waals surface area contributed by atoms with Gasteiger partial charge in [-0.25, -0.2) is 13.2 Å². The molecule has 0 aliphatic carbocycles. The van der Waals surface area contributed by atoms with E-state index in [1.807, 2.05) is 0 Å². The average Bonchev–Trinajstić information content (AvgIpc) is 2.61. The molecule has 1 aliphatic rings. The lowest BCUT2D eigenvalue weighted by Gasteiger charge is -2.12. The Kier molecular flexibility index (Phi) is 3.24. The second-order valence-electron chi connectivity index (χ2n) is 3.95. The Morgan fingerprint density at radius 1 is 1.33 bits per heavy atom. The van der Waals surface area contributed by atoms with Gasteiger partial charge in [-0.2, -0.15) is 0 Å². The number of nitrogens with two attached hydrogens (primary N) is 1. The molecule has 18 heavy (non-hydrogen) atoms. The fourth-order valence-corrected chi connectivity index (χ4v) is 2.84. The van der Waals surface area contributed by atoms with Gasteiger partial charge in [0.1, 0.15) is 0 Å². The monoisotopic (exact) mass is 267 g/mol. The Balaban J connectivity index is 1.95. The number of hydrogen-bond acceptors (Lipinski definition) is 4. The van der Waals surface area contributed by atoms with Crippen LogP contribution in [0.4, 0.5) is 16.2 Å². The molecular formula is C11H13N3O3S. The fraction of sp³-hybridized carbons (Fsp3) is 0.182. The number of rotatable bonds is 2. The molecule has 1 aromatic carbocycles. The largest absolute Gasteiger partial charge is 0.397 e. The van der Waals surface area contributed by atoms with Gasteiger partial charge in [0.15, 0.2) is 9.84 Å². The Labute approximate surface area is 105 Å². The van der Waals surface area contributed by atoms with Crippen LogP contribution in [0.3, 0.4) is 0 Å². The van der Waals surface area contributed by atoms with Crippen molar-refractivity contribution in [3.05, 3.63) is 35.7 Å². The number of carbonyl (C=O) groups is 1. The first-order valence-corrected chi connectivity index (χ1v) is 7.01. The molecule has 0 saturated carbocycles. The highest BCUT2D eigenvalue weighted by Gasteiger charge is 2.23. The molecule has 2 amide bonds. The molecule has 0 spiro atoms. The second kappa shape index (κ2) is 4.69. The molecule has 1 aliphatic heterocycles. The molecule has 7 heteroatoms.